The smallest absolute Gasteiger partial charge is 0.295 e. The van der Waals surface area contributed by atoms with Gasteiger partial charge in [0.05, 0.1) is 11.6 Å². The van der Waals surface area contributed by atoms with Gasteiger partial charge in [0.15, 0.2) is 0 Å². The number of rotatable bonds is 12. The van der Waals surface area contributed by atoms with E-state index in [1.165, 1.54) is 17.0 Å². The van der Waals surface area contributed by atoms with E-state index in [2.05, 4.69) is 18.7 Å². The molecule has 1 N–H and O–H groups in total. The second-order valence-corrected chi connectivity index (χ2v) is 9.39. The number of carbonyl (C=O) groups excluding carboxylic acids is 2. The van der Waals surface area contributed by atoms with Gasteiger partial charge in [0, 0.05) is 17.1 Å². The van der Waals surface area contributed by atoms with Crippen LogP contribution in [-0.2, 0) is 9.59 Å². The average Bonchev–Trinajstić information content (AvgIpc) is 3.10. The summed E-state index contributed by atoms with van der Waals surface area (Å²) in [5.41, 5.74) is 0.984. The van der Waals surface area contributed by atoms with E-state index >= 15 is 0 Å². The lowest BCUT2D eigenvalue weighted by atomic mass is 9.95. The van der Waals surface area contributed by atoms with Crippen LogP contribution in [0.25, 0.3) is 5.76 Å². The van der Waals surface area contributed by atoms with Gasteiger partial charge in [-0.2, -0.15) is 0 Å². The normalized spacial score (nSPS) is 17.5. The van der Waals surface area contributed by atoms with Gasteiger partial charge in [0.1, 0.15) is 11.6 Å². The number of hydrogen-bond donors (Lipinski definition) is 1. The van der Waals surface area contributed by atoms with Gasteiger partial charge in [-0.25, -0.2) is 4.39 Å². The van der Waals surface area contributed by atoms with Crippen LogP contribution in [0.1, 0.15) is 63.1 Å². The predicted molar refractivity (Wildman–Crippen MR) is 138 cm³/mol. The van der Waals surface area contributed by atoms with Crippen molar-refractivity contribution >= 4 is 29.1 Å². The second kappa shape index (κ2) is 12.8. The topological polar surface area (TPSA) is 60.9 Å². The molecule has 188 valence electrons. The zero-order valence-corrected chi connectivity index (χ0v) is 21.2. The lowest BCUT2D eigenvalue weighted by molar-refractivity contribution is -0.140. The van der Waals surface area contributed by atoms with Gasteiger partial charge >= 0.3 is 0 Å². The molecule has 1 aliphatic rings. The van der Waals surface area contributed by atoms with E-state index in [9.17, 15) is 19.1 Å². The first kappa shape index (κ1) is 26.9. The minimum absolute atomic E-state index is 0.0118. The van der Waals surface area contributed by atoms with E-state index in [1.54, 1.807) is 36.4 Å². The number of aliphatic hydroxyl groups excluding tert-OH is 1. The molecular weight excluding hydrogens is 467 g/mol. The number of carbonyl (C=O) groups is 2. The Labute approximate surface area is 212 Å². The highest BCUT2D eigenvalue weighted by Gasteiger charge is 2.45. The van der Waals surface area contributed by atoms with Gasteiger partial charge in [-0.3, -0.25) is 9.59 Å². The number of benzene rings is 2. The number of halogens is 2. The summed E-state index contributed by atoms with van der Waals surface area (Å²) in [6.45, 7) is 7.53. The molecule has 0 unspecified atom stereocenters. The number of Topliss-reactive ketones (excluding diaryl/α,β-unsaturated/α-hetero) is 1. The van der Waals surface area contributed by atoms with E-state index in [-0.39, 0.29) is 11.3 Å². The summed E-state index contributed by atoms with van der Waals surface area (Å²) in [4.78, 5) is 30.1. The molecule has 1 amide bonds. The van der Waals surface area contributed by atoms with Crippen LogP contribution < -0.4 is 0 Å². The second-order valence-electron chi connectivity index (χ2n) is 8.95. The summed E-state index contributed by atoms with van der Waals surface area (Å²) < 4.78 is 13.7. The van der Waals surface area contributed by atoms with Crippen LogP contribution in [-0.4, -0.2) is 52.8 Å². The molecule has 5 nitrogen and oxygen atoms in total. The maximum Gasteiger partial charge on any atom is 0.295 e. The lowest BCUT2D eigenvalue weighted by Crippen LogP contribution is -2.34. The van der Waals surface area contributed by atoms with Crippen molar-refractivity contribution in [2.45, 2.75) is 52.0 Å². The maximum atomic E-state index is 13.7. The van der Waals surface area contributed by atoms with Crippen molar-refractivity contribution in [1.29, 1.82) is 0 Å². The molecule has 1 saturated heterocycles. The molecule has 35 heavy (non-hydrogen) atoms. The standard InChI is InChI=1S/C28H34ClFN2O3/c1-3-5-16-31(17-6-4-2)18-7-19-32-25(20-10-14-23(30)15-11-20)24(27(34)28(32)35)26(33)21-8-12-22(29)13-9-21/h8-15,25,33H,3-7,16-19H2,1-2H3/t25-/m1/s1. The summed E-state index contributed by atoms with van der Waals surface area (Å²) >= 11 is 5.97. The van der Waals surface area contributed by atoms with Crippen molar-refractivity contribution in [3.63, 3.8) is 0 Å². The van der Waals surface area contributed by atoms with Crippen molar-refractivity contribution < 1.29 is 19.1 Å². The Bertz CT molecular complexity index is 1030. The molecule has 0 aromatic heterocycles. The Kier molecular flexibility index (Phi) is 9.87. The van der Waals surface area contributed by atoms with Gasteiger partial charge in [0.25, 0.3) is 11.7 Å². The molecule has 2 aromatic rings. The third-order valence-electron chi connectivity index (χ3n) is 6.37. The van der Waals surface area contributed by atoms with Crippen LogP contribution in [0.3, 0.4) is 0 Å². The molecule has 1 heterocycles. The van der Waals surface area contributed by atoms with Crippen molar-refractivity contribution in [2.24, 2.45) is 0 Å². The number of nitrogens with zero attached hydrogens (tertiary/aromatic N) is 2. The number of amides is 1. The first-order valence-corrected chi connectivity index (χ1v) is 12.8. The molecule has 0 aliphatic carbocycles. The van der Waals surface area contributed by atoms with Crippen LogP contribution in [0, 0.1) is 5.82 Å². The third-order valence-corrected chi connectivity index (χ3v) is 6.62. The number of aliphatic hydroxyl groups is 1. The fourth-order valence-corrected chi connectivity index (χ4v) is 4.56. The molecule has 1 fully saturated rings. The minimum Gasteiger partial charge on any atom is -0.507 e. The Hall–Kier alpha value is -2.70. The molecule has 1 atom stereocenters. The van der Waals surface area contributed by atoms with Crippen LogP contribution >= 0.6 is 11.6 Å². The van der Waals surface area contributed by atoms with Crippen LogP contribution in [0.15, 0.2) is 54.1 Å². The number of ketones is 1. The summed E-state index contributed by atoms with van der Waals surface area (Å²) in [5, 5.41) is 11.6. The van der Waals surface area contributed by atoms with Gasteiger partial charge in [-0.1, -0.05) is 50.4 Å². The highest BCUT2D eigenvalue weighted by atomic mass is 35.5. The van der Waals surface area contributed by atoms with E-state index in [4.69, 9.17) is 11.6 Å². The van der Waals surface area contributed by atoms with Crippen molar-refractivity contribution in [1.82, 2.24) is 9.80 Å². The number of hydrogen-bond acceptors (Lipinski definition) is 4. The predicted octanol–water partition coefficient (Wildman–Crippen LogP) is 6.19. The quantitative estimate of drug-likeness (QED) is 0.214. The average molecular weight is 501 g/mol. The fourth-order valence-electron chi connectivity index (χ4n) is 4.43. The molecule has 0 saturated carbocycles. The van der Waals surface area contributed by atoms with Crippen LogP contribution in [0.2, 0.25) is 5.02 Å². The van der Waals surface area contributed by atoms with Crippen molar-refractivity contribution in [3.8, 4) is 0 Å². The van der Waals surface area contributed by atoms with Crippen molar-refractivity contribution in [2.75, 3.05) is 26.2 Å². The SMILES string of the molecule is CCCCN(CCCC)CCCN1C(=O)C(=O)C(=C(O)c2ccc(Cl)cc2)[C@H]1c1ccc(F)cc1. The molecule has 0 radical (unpaired) electrons. The first-order valence-electron chi connectivity index (χ1n) is 12.4. The summed E-state index contributed by atoms with van der Waals surface area (Å²) in [7, 11) is 0. The molecule has 0 bridgehead atoms. The van der Waals surface area contributed by atoms with Crippen LogP contribution in [0.5, 0.6) is 0 Å². The van der Waals surface area contributed by atoms with E-state index in [1.807, 2.05) is 0 Å². The molecule has 2 aromatic carbocycles. The van der Waals surface area contributed by atoms with Gasteiger partial charge in [-0.15, -0.1) is 0 Å². The monoisotopic (exact) mass is 500 g/mol. The highest BCUT2D eigenvalue weighted by Crippen LogP contribution is 2.39. The Morgan fingerprint density at radius 1 is 0.943 bits per heavy atom. The van der Waals surface area contributed by atoms with E-state index < -0.39 is 23.5 Å². The largest absolute Gasteiger partial charge is 0.507 e. The Balaban J connectivity index is 1.90. The van der Waals surface area contributed by atoms with Crippen molar-refractivity contribution in [3.05, 3.63) is 76.1 Å². The molecule has 3 rings (SSSR count). The molecule has 0 spiro atoms. The summed E-state index contributed by atoms with van der Waals surface area (Å²) in [6, 6.07) is 11.4. The van der Waals surface area contributed by atoms with Gasteiger partial charge in [0.2, 0.25) is 0 Å². The Morgan fingerprint density at radius 2 is 1.51 bits per heavy atom. The third kappa shape index (κ3) is 6.71. The van der Waals surface area contributed by atoms with Gasteiger partial charge in [-0.05, 0) is 80.9 Å². The number of unbranched alkanes of at least 4 members (excludes halogenated alkanes) is 2. The summed E-state index contributed by atoms with van der Waals surface area (Å²) in [5.74, 6) is -2.06. The lowest BCUT2D eigenvalue weighted by Gasteiger charge is -2.27. The zero-order valence-electron chi connectivity index (χ0n) is 20.5. The van der Waals surface area contributed by atoms with Crippen LogP contribution in [0.4, 0.5) is 4.39 Å². The Morgan fingerprint density at radius 3 is 2.09 bits per heavy atom. The molecule has 7 heteroatoms. The minimum atomic E-state index is -0.786. The maximum absolute atomic E-state index is 13.7. The van der Waals surface area contributed by atoms with Gasteiger partial charge < -0.3 is 14.9 Å². The number of likely N-dealkylation sites (tertiary alicyclic amines) is 1. The molecule has 1 aliphatic heterocycles. The zero-order chi connectivity index (χ0) is 25.4. The van der Waals surface area contributed by atoms with E-state index in [0.29, 0.717) is 29.1 Å². The molecular formula is C28H34ClFN2O3. The fraction of sp³-hybridized carbons (Fsp3) is 0.429. The first-order chi connectivity index (χ1) is 16.9. The summed E-state index contributed by atoms with van der Waals surface area (Å²) in [6.07, 6.45) is 5.16. The highest BCUT2D eigenvalue weighted by molar-refractivity contribution is 6.46. The van der Waals surface area contributed by atoms with E-state index in [0.717, 1.165) is 45.3 Å².